The van der Waals surface area contributed by atoms with Crippen molar-refractivity contribution in [2.45, 2.75) is 32.6 Å². The standard InChI is InChI=1S/C33H36O5/c1-5-26-24-31(20-21-32(26)28-14-18-29(19-15-28)35-7-3)38-25(4)27-12-16-30(17-13-27)36-22-10-8-9-11-23-37-33(34)6-2/h5-6,12-21,24H,1-2,4,7-11,22-23H2,3H3. The molecule has 3 rings (SSSR count). The third-order valence-corrected chi connectivity index (χ3v) is 5.86. The predicted molar refractivity (Wildman–Crippen MR) is 154 cm³/mol. The van der Waals surface area contributed by atoms with E-state index in [2.05, 4.69) is 19.7 Å². The van der Waals surface area contributed by atoms with Gasteiger partial charge in [0, 0.05) is 11.6 Å². The lowest BCUT2D eigenvalue weighted by Gasteiger charge is -2.13. The van der Waals surface area contributed by atoms with Gasteiger partial charge >= 0.3 is 5.97 Å². The van der Waals surface area contributed by atoms with Crippen LogP contribution in [0.3, 0.4) is 0 Å². The van der Waals surface area contributed by atoms with E-state index < -0.39 is 0 Å². The largest absolute Gasteiger partial charge is 0.494 e. The van der Waals surface area contributed by atoms with Crippen molar-refractivity contribution < 1.29 is 23.7 Å². The van der Waals surface area contributed by atoms with E-state index in [4.69, 9.17) is 18.9 Å². The van der Waals surface area contributed by atoms with Crippen LogP contribution in [0.25, 0.3) is 23.0 Å². The average Bonchev–Trinajstić information content (AvgIpc) is 2.95. The summed E-state index contributed by atoms with van der Waals surface area (Å²) in [6.07, 6.45) is 6.78. The zero-order chi connectivity index (χ0) is 27.2. The van der Waals surface area contributed by atoms with E-state index in [1.165, 1.54) is 6.08 Å². The van der Waals surface area contributed by atoms with Gasteiger partial charge in [-0.2, -0.15) is 0 Å². The van der Waals surface area contributed by atoms with Crippen molar-refractivity contribution >= 4 is 17.8 Å². The minimum atomic E-state index is -0.371. The van der Waals surface area contributed by atoms with Crippen molar-refractivity contribution in [3.05, 3.63) is 104 Å². The smallest absolute Gasteiger partial charge is 0.330 e. The van der Waals surface area contributed by atoms with Crippen LogP contribution >= 0.6 is 0 Å². The highest BCUT2D eigenvalue weighted by atomic mass is 16.5. The molecule has 0 bridgehead atoms. The molecule has 38 heavy (non-hydrogen) atoms. The summed E-state index contributed by atoms with van der Waals surface area (Å²) in [7, 11) is 0. The Kier molecular flexibility index (Phi) is 11.3. The molecule has 0 aliphatic rings. The summed E-state index contributed by atoms with van der Waals surface area (Å²) in [6.45, 7) is 15.1. The van der Waals surface area contributed by atoms with Crippen LogP contribution in [-0.4, -0.2) is 25.8 Å². The van der Waals surface area contributed by atoms with Crippen LogP contribution in [0, 0.1) is 0 Å². The minimum Gasteiger partial charge on any atom is -0.494 e. The van der Waals surface area contributed by atoms with E-state index in [0.717, 1.165) is 59.4 Å². The normalized spacial score (nSPS) is 10.3. The van der Waals surface area contributed by atoms with Crippen molar-refractivity contribution in [3.8, 4) is 28.4 Å². The van der Waals surface area contributed by atoms with Crippen LogP contribution in [-0.2, 0) is 9.53 Å². The number of esters is 1. The van der Waals surface area contributed by atoms with E-state index in [9.17, 15) is 4.79 Å². The summed E-state index contributed by atoms with van der Waals surface area (Å²) < 4.78 is 22.4. The van der Waals surface area contributed by atoms with Crippen molar-refractivity contribution in [2.75, 3.05) is 19.8 Å². The Morgan fingerprint density at radius 1 is 0.789 bits per heavy atom. The lowest BCUT2D eigenvalue weighted by molar-refractivity contribution is -0.137. The molecule has 0 radical (unpaired) electrons. The van der Waals surface area contributed by atoms with Crippen molar-refractivity contribution in [1.29, 1.82) is 0 Å². The van der Waals surface area contributed by atoms with Crippen LogP contribution in [0.4, 0.5) is 0 Å². The van der Waals surface area contributed by atoms with Crippen molar-refractivity contribution in [2.24, 2.45) is 0 Å². The first-order chi connectivity index (χ1) is 18.5. The molecule has 0 aromatic heterocycles. The predicted octanol–water partition coefficient (Wildman–Crippen LogP) is 8.11. The van der Waals surface area contributed by atoms with Gasteiger partial charge in [-0.1, -0.05) is 44.0 Å². The molecule has 0 heterocycles. The van der Waals surface area contributed by atoms with E-state index in [1.807, 2.05) is 79.7 Å². The molecule has 0 unspecified atom stereocenters. The van der Waals surface area contributed by atoms with Crippen LogP contribution < -0.4 is 14.2 Å². The molecule has 0 spiro atoms. The van der Waals surface area contributed by atoms with E-state index >= 15 is 0 Å². The van der Waals surface area contributed by atoms with E-state index in [0.29, 0.717) is 31.3 Å². The number of ether oxygens (including phenoxy) is 4. The summed E-state index contributed by atoms with van der Waals surface area (Å²) in [5.74, 6) is 2.53. The van der Waals surface area contributed by atoms with Gasteiger partial charge in [-0.15, -0.1) is 0 Å². The first-order valence-electron chi connectivity index (χ1n) is 12.9. The molecule has 5 nitrogen and oxygen atoms in total. The lowest BCUT2D eigenvalue weighted by Crippen LogP contribution is -2.02. The van der Waals surface area contributed by atoms with Gasteiger partial charge < -0.3 is 18.9 Å². The molecular formula is C33H36O5. The first kappa shape index (κ1) is 28.3. The van der Waals surface area contributed by atoms with Crippen LogP contribution in [0.2, 0.25) is 0 Å². The highest BCUT2D eigenvalue weighted by Crippen LogP contribution is 2.31. The molecule has 198 valence electrons. The quantitative estimate of drug-likeness (QED) is 0.0840. The van der Waals surface area contributed by atoms with Gasteiger partial charge in [0.15, 0.2) is 0 Å². The lowest BCUT2D eigenvalue weighted by atomic mass is 9.99. The Balaban J connectivity index is 1.47. The first-order valence-corrected chi connectivity index (χ1v) is 12.9. The average molecular weight is 513 g/mol. The summed E-state index contributed by atoms with van der Waals surface area (Å²) in [5.41, 5.74) is 4.00. The molecular weight excluding hydrogens is 476 g/mol. The molecule has 0 fully saturated rings. The Bertz CT molecular complexity index is 1210. The number of carbonyl (C=O) groups excluding carboxylic acids is 1. The molecule has 5 heteroatoms. The zero-order valence-electron chi connectivity index (χ0n) is 22.1. The second kappa shape index (κ2) is 15.1. The summed E-state index contributed by atoms with van der Waals surface area (Å²) >= 11 is 0. The molecule has 0 saturated heterocycles. The highest BCUT2D eigenvalue weighted by Gasteiger charge is 2.08. The summed E-state index contributed by atoms with van der Waals surface area (Å²) in [6, 6.07) is 21.7. The van der Waals surface area contributed by atoms with E-state index in [-0.39, 0.29) is 5.97 Å². The van der Waals surface area contributed by atoms with Gasteiger partial charge in [0.05, 0.1) is 19.8 Å². The maximum absolute atomic E-state index is 11.0. The van der Waals surface area contributed by atoms with Crippen LogP contribution in [0.1, 0.15) is 43.7 Å². The number of hydrogen-bond donors (Lipinski definition) is 0. The van der Waals surface area contributed by atoms with E-state index in [1.54, 1.807) is 0 Å². The fourth-order valence-electron chi connectivity index (χ4n) is 3.85. The number of rotatable bonds is 16. The van der Waals surface area contributed by atoms with Gasteiger partial charge in [-0.25, -0.2) is 4.79 Å². The molecule has 0 saturated carbocycles. The number of carbonyl (C=O) groups is 1. The van der Waals surface area contributed by atoms with Gasteiger partial charge in [0.25, 0.3) is 0 Å². The molecule has 3 aromatic rings. The van der Waals surface area contributed by atoms with Crippen LogP contribution in [0.5, 0.6) is 17.2 Å². The fourth-order valence-corrected chi connectivity index (χ4v) is 3.85. The molecule has 0 N–H and O–H groups in total. The maximum Gasteiger partial charge on any atom is 0.330 e. The van der Waals surface area contributed by atoms with Gasteiger partial charge in [0.1, 0.15) is 23.0 Å². The molecule has 0 aliphatic heterocycles. The van der Waals surface area contributed by atoms with Gasteiger partial charge in [-0.3, -0.25) is 0 Å². The Morgan fingerprint density at radius 3 is 2.08 bits per heavy atom. The summed E-state index contributed by atoms with van der Waals surface area (Å²) in [5, 5.41) is 0. The van der Waals surface area contributed by atoms with Crippen molar-refractivity contribution in [1.82, 2.24) is 0 Å². The third kappa shape index (κ3) is 8.70. The molecule has 0 atom stereocenters. The number of unbranched alkanes of at least 4 members (excludes halogenated alkanes) is 3. The molecule has 0 aliphatic carbocycles. The molecule has 0 amide bonds. The van der Waals surface area contributed by atoms with Crippen LogP contribution in [0.15, 0.2) is 92.5 Å². The Hall–Kier alpha value is -4.25. The Morgan fingerprint density at radius 2 is 1.42 bits per heavy atom. The highest BCUT2D eigenvalue weighted by molar-refractivity contribution is 5.81. The second-order valence-corrected chi connectivity index (χ2v) is 8.59. The number of benzene rings is 3. The maximum atomic E-state index is 11.0. The van der Waals surface area contributed by atoms with Gasteiger partial charge in [-0.05, 0) is 97.8 Å². The SMILES string of the molecule is C=CC(=O)OCCCCCCOc1ccc(C(=C)Oc2ccc(-c3ccc(OCC)cc3)c(C=C)c2)cc1. The monoisotopic (exact) mass is 512 g/mol. The third-order valence-electron chi connectivity index (χ3n) is 5.86. The topological polar surface area (TPSA) is 54.0 Å². The molecule has 3 aromatic carbocycles. The summed E-state index contributed by atoms with van der Waals surface area (Å²) in [4.78, 5) is 11.0. The number of hydrogen-bond acceptors (Lipinski definition) is 5. The van der Waals surface area contributed by atoms with Gasteiger partial charge in [0.2, 0.25) is 0 Å². The second-order valence-electron chi connectivity index (χ2n) is 8.59. The fraction of sp³-hybridized carbons (Fsp3) is 0.242. The minimum absolute atomic E-state index is 0.371. The zero-order valence-corrected chi connectivity index (χ0v) is 22.1. The Labute approximate surface area is 226 Å². The van der Waals surface area contributed by atoms with Crippen molar-refractivity contribution in [3.63, 3.8) is 0 Å².